The van der Waals surface area contributed by atoms with Crippen molar-refractivity contribution in [2.45, 2.75) is 127 Å². The minimum atomic E-state index is -3.90. The van der Waals surface area contributed by atoms with Crippen LogP contribution in [-0.4, -0.2) is 80.1 Å². The number of nitrogens with two attached hydrogens (primary N) is 2. The maximum atomic E-state index is 13.0. The number of fused-ring (bicyclic) bond motifs is 1. The quantitative estimate of drug-likeness (QED) is 0.0769. The van der Waals surface area contributed by atoms with E-state index in [1.165, 1.54) is 82.0 Å². The molecule has 2 aliphatic heterocycles. The molecular formula is C31H53N6O8P. The highest BCUT2D eigenvalue weighted by molar-refractivity contribution is 7.48. The van der Waals surface area contributed by atoms with E-state index in [0.29, 0.717) is 6.61 Å². The number of nitrogens with zero attached hydrogens (tertiary/aromatic N) is 4. The predicted octanol–water partition coefficient (Wildman–Crippen LogP) is 5.20. The molecular weight excluding hydrogens is 615 g/mol. The molecule has 14 nitrogen and oxygen atoms in total. The lowest BCUT2D eigenvalue weighted by Crippen LogP contribution is -2.44. The number of hydrogen-bond donors (Lipinski definition) is 4. The molecule has 0 amide bonds. The molecule has 2 aliphatic rings. The molecule has 46 heavy (non-hydrogen) atoms. The van der Waals surface area contributed by atoms with Gasteiger partial charge in [-0.2, -0.15) is 9.97 Å². The second kappa shape index (κ2) is 17.8. The number of unbranched alkanes of at least 4 members (excludes halogenated alkanes) is 11. The molecule has 4 heterocycles. The molecule has 2 aromatic rings. The Balaban J connectivity index is 1.07. The first-order valence-electron chi connectivity index (χ1n) is 16.8. The van der Waals surface area contributed by atoms with Crippen LogP contribution in [-0.2, 0) is 27.6 Å². The van der Waals surface area contributed by atoms with E-state index >= 15 is 0 Å². The number of aliphatic hydroxyl groups excluding tert-OH is 1. The summed E-state index contributed by atoms with van der Waals surface area (Å²) in [6.45, 7) is 4.17. The minimum absolute atomic E-state index is 0.0572. The third-order valence-electron chi connectivity index (χ3n) is 8.42. The number of anilines is 2. The summed E-state index contributed by atoms with van der Waals surface area (Å²) in [4.78, 5) is 12.2. The summed E-state index contributed by atoms with van der Waals surface area (Å²) in [7, 11) is -3.90. The van der Waals surface area contributed by atoms with Crippen molar-refractivity contribution in [3.63, 3.8) is 0 Å². The Morgan fingerprint density at radius 3 is 2.43 bits per heavy atom. The number of phosphoric ester groups is 1. The number of aromatic nitrogens is 4. The van der Waals surface area contributed by atoms with Crippen molar-refractivity contribution in [2.24, 2.45) is 0 Å². The standard InChI is InChI=1S/C31H53N6O8P/c1-3-4-5-6-7-8-9-10-11-12-13-14-15-16-17-18-41-19-23-20-42-46(40,45-23)43-21-24-26(38)31(2,39)29(44-24)37-22-34-25-27(32)35-30(33)36-28(25)37/h10-11,22-24,26,29,38-39H,3-9,12-21H2,1-2H3,(H4,32,33,35,36)/b11-10-/t23-,24-,26+,29-,31+,46?/m1/s1. The van der Waals surface area contributed by atoms with Crippen molar-refractivity contribution < 1.29 is 37.8 Å². The van der Waals surface area contributed by atoms with E-state index in [2.05, 4.69) is 34.0 Å². The Morgan fingerprint density at radius 1 is 1.04 bits per heavy atom. The van der Waals surface area contributed by atoms with Gasteiger partial charge in [-0.05, 0) is 39.0 Å². The normalized spacial score (nSPS) is 28.3. The zero-order chi connectivity index (χ0) is 33.0. The van der Waals surface area contributed by atoms with Crippen LogP contribution in [0.2, 0.25) is 0 Å². The van der Waals surface area contributed by atoms with Crippen LogP contribution < -0.4 is 11.5 Å². The van der Waals surface area contributed by atoms with Crippen LogP contribution in [0.4, 0.5) is 11.8 Å². The Hall–Kier alpha value is -2.16. The van der Waals surface area contributed by atoms with Crippen LogP contribution in [0.15, 0.2) is 18.5 Å². The second-order valence-electron chi connectivity index (χ2n) is 12.4. The predicted molar refractivity (Wildman–Crippen MR) is 175 cm³/mol. The van der Waals surface area contributed by atoms with Gasteiger partial charge in [-0.25, -0.2) is 9.55 Å². The second-order valence-corrected chi connectivity index (χ2v) is 14.0. The maximum absolute atomic E-state index is 13.0. The zero-order valence-electron chi connectivity index (χ0n) is 27.3. The van der Waals surface area contributed by atoms with Crippen LogP contribution in [0.1, 0.15) is 104 Å². The first-order chi connectivity index (χ1) is 22.1. The van der Waals surface area contributed by atoms with Gasteiger partial charge in [-0.1, -0.05) is 70.4 Å². The Labute approximate surface area is 271 Å². The number of phosphoric acid groups is 1. The third-order valence-corrected chi connectivity index (χ3v) is 9.91. The summed E-state index contributed by atoms with van der Waals surface area (Å²) in [5.74, 6) is -0.0104. The molecule has 2 saturated heterocycles. The Morgan fingerprint density at radius 2 is 1.72 bits per heavy atom. The molecule has 0 aromatic carbocycles. The summed E-state index contributed by atoms with van der Waals surface area (Å²) in [5, 5.41) is 21.9. The molecule has 1 unspecified atom stereocenters. The summed E-state index contributed by atoms with van der Waals surface area (Å²) in [6, 6.07) is 0. The van der Waals surface area contributed by atoms with Crippen LogP contribution in [0.25, 0.3) is 11.2 Å². The van der Waals surface area contributed by atoms with Crippen molar-refractivity contribution in [3.05, 3.63) is 18.5 Å². The first-order valence-corrected chi connectivity index (χ1v) is 18.2. The van der Waals surface area contributed by atoms with Crippen LogP contribution in [0.5, 0.6) is 0 Å². The van der Waals surface area contributed by atoms with E-state index < -0.39 is 38.0 Å². The lowest BCUT2D eigenvalue weighted by molar-refractivity contribution is -0.0949. The Bertz CT molecular complexity index is 1290. The molecule has 260 valence electrons. The SMILES string of the molecule is CCCCCCCC/C=C\CCCCCCCOC[C@@H]1COP(=O)(OC[C@H]2O[C@@H](n3cnc4c(N)nc(N)nc43)[C@@](C)(O)[C@H]2O)O1. The average molecular weight is 669 g/mol. The van der Waals surface area contributed by atoms with Crippen molar-refractivity contribution in [2.75, 3.05) is 37.9 Å². The minimum Gasteiger partial charge on any atom is -0.387 e. The van der Waals surface area contributed by atoms with Crippen molar-refractivity contribution in [1.29, 1.82) is 0 Å². The van der Waals surface area contributed by atoms with Crippen molar-refractivity contribution in [3.8, 4) is 0 Å². The maximum Gasteiger partial charge on any atom is 0.475 e. The van der Waals surface area contributed by atoms with E-state index in [0.717, 1.165) is 19.3 Å². The van der Waals surface area contributed by atoms with Crippen molar-refractivity contribution >= 4 is 30.8 Å². The van der Waals surface area contributed by atoms with Gasteiger partial charge in [0.2, 0.25) is 5.95 Å². The van der Waals surface area contributed by atoms with Gasteiger partial charge in [-0.3, -0.25) is 18.1 Å². The molecule has 6 atom stereocenters. The number of rotatable bonds is 21. The Kier molecular flexibility index (Phi) is 14.2. The number of nitrogen functional groups attached to an aromatic ring is 2. The van der Waals surface area contributed by atoms with E-state index in [-0.39, 0.29) is 42.8 Å². The van der Waals surface area contributed by atoms with Crippen LogP contribution in [0.3, 0.4) is 0 Å². The smallest absolute Gasteiger partial charge is 0.387 e. The fourth-order valence-electron chi connectivity index (χ4n) is 5.72. The van der Waals surface area contributed by atoms with Gasteiger partial charge in [0.25, 0.3) is 0 Å². The molecule has 2 fully saturated rings. The van der Waals surface area contributed by atoms with E-state index in [4.69, 9.17) is 34.5 Å². The van der Waals surface area contributed by atoms with Gasteiger partial charge >= 0.3 is 7.82 Å². The summed E-state index contributed by atoms with van der Waals surface area (Å²) >= 11 is 0. The zero-order valence-corrected chi connectivity index (χ0v) is 28.2. The summed E-state index contributed by atoms with van der Waals surface area (Å²) in [5.41, 5.74) is 10.3. The van der Waals surface area contributed by atoms with Gasteiger partial charge in [0.1, 0.15) is 29.4 Å². The van der Waals surface area contributed by atoms with Crippen LogP contribution >= 0.6 is 7.82 Å². The highest BCUT2D eigenvalue weighted by Crippen LogP contribution is 2.55. The average Bonchev–Trinajstić information content (AvgIpc) is 3.67. The molecule has 6 N–H and O–H groups in total. The molecule has 0 spiro atoms. The highest BCUT2D eigenvalue weighted by Gasteiger charge is 2.54. The monoisotopic (exact) mass is 668 g/mol. The molecule has 4 rings (SSSR count). The lowest BCUT2D eigenvalue weighted by atomic mass is 9.96. The fourth-order valence-corrected chi connectivity index (χ4v) is 7.09. The first kappa shape index (κ1) is 36.7. The fraction of sp³-hybridized carbons (Fsp3) is 0.774. The van der Waals surface area contributed by atoms with E-state index in [1.807, 2.05) is 0 Å². The van der Waals surface area contributed by atoms with Crippen molar-refractivity contribution in [1.82, 2.24) is 19.5 Å². The molecule has 0 bridgehead atoms. The number of aliphatic hydroxyl groups is 2. The van der Waals surface area contributed by atoms with E-state index in [1.54, 1.807) is 0 Å². The number of hydrogen-bond acceptors (Lipinski definition) is 13. The summed E-state index contributed by atoms with van der Waals surface area (Å²) < 4.78 is 42.4. The lowest BCUT2D eigenvalue weighted by Gasteiger charge is -2.27. The van der Waals surface area contributed by atoms with Gasteiger partial charge in [-0.15, -0.1) is 0 Å². The van der Waals surface area contributed by atoms with Gasteiger partial charge in [0.15, 0.2) is 17.7 Å². The van der Waals surface area contributed by atoms with Gasteiger partial charge in [0, 0.05) is 6.61 Å². The largest absolute Gasteiger partial charge is 0.475 e. The molecule has 0 saturated carbocycles. The molecule has 2 aromatic heterocycles. The summed E-state index contributed by atoms with van der Waals surface area (Å²) in [6.07, 6.45) is 18.0. The topological polar surface area (TPSA) is 199 Å². The molecule has 15 heteroatoms. The molecule has 0 aliphatic carbocycles. The highest BCUT2D eigenvalue weighted by atomic mass is 31.2. The number of allylic oxidation sites excluding steroid dienone is 2. The van der Waals surface area contributed by atoms with Crippen LogP contribution in [0, 0.1) is 0 Å². The van der Waals surface area contributed by atoms with Gasteiger partial charge in [0.05, 0.1) is 26.1 Å². The third kappa shape index (κ3) is 10.2. The molecule has 0 radical (unpaired) electrons. The van der Waals surface area contributed by atoms with E-state index in [9.17, 15) is 14.8 Å². The van der Waals surface area contributed by atoms with Gasteiger partial charge < -0.3 is 31.2 Å². The number of ether oxygens (including phenoxy) is 2. The number of imidazole rings is 1.